The van der Waals surface area contributed by atoms with Gasteiger partial charge in [-0.3, -0.25) is 4.79 Å². The summed E-state index contributed by atoms with van der Waals surface area (Å²) in [6, 6.07) is 12.4. The van der Waals surface area contributed by atoms with Gasteiger partial charge in [0.2, 0.25) is 15.8 Å². The molecule has 1 fully saturated rings. The smallest absolute Gasteiger partial charge is 0.328 e. The predicted octanol–water partition coefficient (Wildman–Crippen LogP) is 4.63. The van der Waals surface area contributed by atoms with Crippen molar-refractivity contribution < 1.29 is 27.4 Å². The van der Waals surface area contributed by atoms with E-state index in [1.807, 2.05) is 32.0 Å². The van der Waals surface area contributed by atoms with Crippen molar-refractivity contribution in [3.05, 3.63) is 47.5 Å². The fraction of sp³-hybridized carbons (Fsp3) is 0.500. The highest BCUT2D eigenvalue weighted by Crippen LogP contribution is 2.42. The van der Waals surface area contributed by atoms with E-state index in [1.165, 1.54) is 30.8 Å². The Balaban J connectivity index is 1.48. The maximum absolute atomic E-state index is 13.0. The van der Waals surface area contributed by atoms with Crippen LogP contribution in [0.2, 0.25) is 0 Å². The largest absolute Gasteiger partial charge is 0.468 e. The van der Waals surface area contributed by atoms with Crippen molar-refractivity contribution in [2.75, 3.05) is 20.2 Å². The van der Waals surface area contributed by atoms with Gasteiger partial charge in [0.15, 0.2) is 16.2 Å². The quantitative estimate of drug-likeness (QED) is 0.572. The van der Waals surface area contributed by atoms with E-state index in [0.29, 0.717) is 25.9 Å². The lowest BCUT2D eigenvalue weighted by atomic mass is 9.87. The zero-order valence-electron chi connectivity index (χ0n) is 20.7. The van der Waals surface area contributed by atoms with E-state index >= 15 is 0 Å². The molecule has 2 aliphatic rings. The van der Waals surface area contributed by atoms with E-state index in [1.54, 1.807) is 0 Å². The first-order valence-corrected chi connectivity index (χ1v) is 13.0. The number of rotatable bonds is 5. The van der Waals surface area contributed by atoms with Crippen LogP contribution < -0.4 is 9.47 Å². The molecule has 4 rings (SSSR count). The minimum atomic E-state index is -3.81. The number of methoxy groups -OCH3 is 1. The van der Waals surface area contributed by atoms with Crippen LogP contribution in [-0.2, 0) is 19.6 Å². The van der Waals surface area contributed by atoms with Crippen molar-refractivity contribution in [3.8, 4) is 22.6 Å². The maximum atomic E-state index is 13.0. The molecule has 0 aliphatic carbocycles. The number of hydrogen-bond donors (Lipinski definition) is 0. The number of hydrogen-bond acceptors (Lipinski definition) is 6. The number of piperidine rings is 1. The van der Waals surface area contributed by atoms with Crippen molar-refractivity contribution in [1.82, 2.24) is 4.31 Å². The molecule has 1 saturated heterocycles. The van der Waals surface area contributed by atoms with Crippen LogP contribution in [0.4, 0.5) is 0 Å². The van der Waals surface area contributed by atoms with Crippen LogP contribution in [0.5, 0.6) is 11.5 Å². The Hall–Kier alpha value is -2.58. The second-order valence-electron chi connectivity index (χ2n) is 10.0. The van der Waals surface area contributed by atoms with Crippen LogP contribution >= 0.6 is 0 Å². The first-order valence-electron chi connectivity index (χ1n) is 11.6. The topological polar surface area (TPSA) is 82.1 Å². The third kappa shape index (κ3) is 4.29. The third-order valence-corrected chi connectivity index (χ3v) is 9.31. The number of carbonyl (C=O) groups is 1. The second kappa shape index (κ2) is 8.57. The van der Waals surface area contributed by atoms with Gasteiger partial charge in [0.25, 0.3) is 0 Å². The fourth-order valence-electron chi connectivity index (χ4n) is 4.76. The van der Waals surface area contributed by atoms with Gasteiger partial charge in [0.1, 0.15) is 0 Å². The summed E-state index contributed by atoms with van der Waals surface area (Å²) >= 11 is 0. The molecule has 2 aromatic carbocycles. The van der Waals surface area contributed by atoms with Crippen LogP contribution in [-0.4, -0.2) is 49.4 Å². The highest BCUT2D eigenvalue weighted by molar-refractivity contribution is 7.91. The van der Waals surface area contributed by atoms with Crippen molar-refractivity contribution in [3.63, 3.8) is 0 Å². The molecule has 2 aliphatic heterocycles. The van der Waals surface area contributed by atoms with Crippen LogP contribution in [0, 0.1) is 6.92 Å². The van der Waals surface area contributed by atoms with Gasteiger partial charge in [-0.05, 0) is 73.9 Å². The summed E-state index contributed by atoms with van der Waals surface area (Å²) in [5.41, 5.74) is 4.54. The first kappa shape index (κ1) is 24.5. The van der Waals surface area contributed by atoms with Crippen LogP contribution in [0.25, 0.3) is 11.1 Å². The van der Waals surface area contributed by atoms with E-state index in [-0.39, 0.29) is 5.92 Å². The van der Waals surface area contributed by atoms with Crippen molar-refractivity contribution >= 4 is 16.0 Å². The molecule has 0 saturated carbocycles. The van der Waals surface area contributed by atoms with Gasteiger partial charge >= 0.3 is 5.97 Å². The van der Waals surface area contributed by atoms with Crippen LogP contribution in [0.3, 0.4) is 0 Å². The first-order chi connectivity index (χ1) is 15.9. The van der Waals surface area contributed by atoms with Crippen LogP contribution in [0.15, 0.2) is 36.4 Å². The minimum absolute atomic E-state index is 0.262. The Morgan fingerprint density at radius 2 is 1.71 bits per heavy atom. The number of sulfonamides is 1. The summed E-state index contributed by atoms with van der Waals surface area (Å²) in [5, 5.41) is 0. The summed E-state index contributed by atoms with van der Waals surface area (Å²) in [6.07, 6.45) is 1.41. The SMILES string of the molecule is COC(=O)C(C)(C)S(=O)(=O)N1CCC(c2ccc(-c3ccc4c(c3)OC(C)(C)O4)c(C)c2)CC1. The van der Waals surface area contributed by atoms with Crippen LogP contribution in [0.1, 0.15) is 57.6 Å². The summed E-state index contributed by atoms with van der Waals surface area (Å²) in [5.74, 6) is 0.356. The summed E-state index contributed by atoms with van der Waals surface area (Å²) in [4.78, 5) is 12.0. The Bertz CT molecular complexity index is 1210. The monoisotopic (exact) mass is 487 g/mol. The highest BCUT2D eigenvalue weighted by Gasteiger charge is 2.47. The summed E-state index contributed by atoms with van der Waals surface area (Å²) in [7, 11) is -2.60. The van der Waals surface area contributed by atoms with Gasteiger partial charge in [-0.1, -0.05) is 24.3 Å². The van der Waals surface area contributed by atoms with E-state index < -0.39 is 26.5 Å². The van der Waals surface area contributed by atoms with E-state index in [0.717, 1.165) is 28.2 Å². The molecular formula is C26H33NO6S. The molecule has 0 bridgehead atoms. The zero-order valence-corrected chi connectivity index (χ0v) is 21.5. The normalized spacial score (nSPS) is 18.6. The number of esters is 1. The molecule has 0 unspecified atom stereocenters. The highest BCUT2D eigenvalue weighted by atomic mass is 32.2. The predicted molar refractivity (Wildman–Crippen MR) is 131 cm³/mol. The summed E-state index contributed by atoms with van der Waals surface area (Å²) in [6.45, 7) is 9.43. The second-order valence-corrected chi connectivity index (χ2v) is 12.5. The zero-order chi connectivity index (χ0) is 24.9. The Morgan fingerprint density at radius 3 is 2.32 bits per heavy atom. The Labute approximate surface area is 202 Å². The van der Waals surface area contributed by atoms with E-state index in [2.05, 4.69) is 25.1 Å². The number of carbonyl (C=O) groups excluding carboxylic acids is 1. The standard InChI is InChI=1S/C26H33NO6S/c1-17-15-19(7-9-21(17)20-8-10-22-23(16-20)33-26(4,5)32-22)18-11-13-27(14-12-18)34(29,30)25(2,3)24(28)31-6/h7-10,15-16,18H,11-14H2,1-6H3. The van der Waals surface area contributed by atoms with Gasteiger partial charge < -0.3 is 14.2 Å². The van der Waals surface area contributed by atoms with Gasteiger partial charge in [-0.15, -0.1) is 0 Å². The molecule has 7 nitrogen and oxygen atoms in total. The molecule has 0 N–H and O–H groups in total. The maximum Gasteiger partial charge on any atom is 0.328 e. The molecule has 2 heterocycles. The molecular weight excluding hydrogens is 454 g/mol. The van der Waals surface area contributed by atoms with Gasteiger partial charge in [0, 0.05) is 26.9 Å². The lowest BCUT2D eigenvalue weighted by Gasteiger charge is -2.35. The molecule has 34 heavy (non-hydrogen) atoms. The molecule has 0 amide bonds. The number of aryl methyl sites for hydroxylation is 1. The molecule has 0 spiro atoms. The van der Waals surface area contributed by atoms with Crippen molar-refractivity contribution in [2.24, 2.45) is 0 Å². The third-order valence-electron chi connectivity index (χ3n) is 6.80. The molecule has 0 atom stereocenters. The average molecular weight is 488 g/mol. The minimum Gasteiger partial charge on any atom is -0.468 e. The fourth-order valence-corrected chi connectivity index (χ4v) is 6.39. The Kier molecular flexibility index (Phi) is 6.19. The molecule has 184 valence electrons. The van der Waals surface area contributed by atoms with Gasteiger partial charge in [-0.2, -0.15) is 0 Å². The van der Waals surface area contributed by atoms with Gasteiger partial charge in [-0.25, -0.2) is 12.7 Å². The molecule has 0 radical (unpaired) electrons. The number of ether oxygens (including phenoxy) is 3. The van der Waals surface area contributed by atoms with Crippen molar-refractivity contribution in [2.45, 2.75) is 63.9 Å². The lowest BCUT2D eigenvalue weighted by molar-refractivity contribution is -0.142. The average Bonchev–Trinajstić information content (AvgIpc) is 3.11. The Morgan fingerprint density at radius 1 is 1.06 bits per heavy atom. The molecule has 2 aromatic rings. The number of nitrogens with zero attached hydrogens (tertiary/aromatic N) is 1. The number of benzene rings is 2. The molecule has 8 heteroatoms. The van der Waals surface area contributed by atoms with Crippen molar-refractivity contribution in [1.29, 1.82) is 0 Å². The van der Waals surface area contributed by atoms with Gasteiger partial charge in [0.05, 0.1) is 7.11 Å². The van der Waals surface area contributed by atoms with E-state index in [4.69, 9.17) is 14.2 Å². The number of fused-ring (bicyclic) bond motifs is 1. The molecule has 0 aromatic heterocycles. The lowest BCUT2D eigenvalue weighted by Crippen LogP contribution is -2.52. The summed E-state index contributed by atoms with van der Waals surface area (Å²) < 4.78 is 42.3. The van der Waals surface area contributed by atoms with E-state index in [9.17, 15) is 13.2 Å².